The number of amides is 2. The van der Waals surface area contributed by atoms with Crippen LogP contribution in [-0.2, 0) is 6.18 Å². The van der Waals surface area contributed by atoms with Crippen LogP contribution in [0.3, 0.4) is 0 Å². The van der Waals surface area contributed by atoms with Crippen LogP contribution >= 0.6 is 0 Å². The van der Waals surface area contributed by atoms with Crippen LogP contribution in [-0.4, -0.2) is 27.5 Å². The zero-order chi connectivity index (χ0) is 22.4. The quantitative estimate of drug-likeness (QED) is 0.620. The van der Waals surface area contributed by atoms with Crippen LogP contribution in [0.25, 0.3) is 11.0 Å². The van der Waals surface area contributed by atoms with Crippen LogP contribution in [0.5, 0.6) is 0 Å². The second-order valence-electron chi connectivity index (χ2n) is 6.30. The van der Waals surface area contributed by atoms with Gasteiger partial charge in [-0.2, -0.15) is 26.3 Å². The van der Waals surface area contributed by atoms with E-state index in [4.69, 9.17) is 11.5 Å². The van der Waals surface area contributed by atoms with E-state index in [-0.39, 0.29) is 16.6 Å². The standard InChI is InChI=1S/C18H12F6N4O2/c19-17(20,21)10-3-1-2-8(6-10)13(18(22,23)24)28-12-7-9(14(25)29)4-5-11(12)27-16(28)15(26)30/h1-7,13H,(H2,25,29)(H2,26,30). The molecular weight excluding hydrogens is 418 g/mol. The van der Waals surface area contributed by atoms with Gasteiger partial charge in [0.2, 0.25) is 11.7 Å². The van der Waals surface area contributed by atoms with Gasteiger partial charge in [-0.05, 0) is 35.9 Å². The molecule has 0 aliphatic heterocycles. The smallest absolute Gasteiger partial charge is 0.366 e. The summed E-state index contributed by atoms with van der Waals surface area (Å²) in [7, 11) is 0. The van der Waals surface area contributed by atoms with E-state index in [0.29, 0.717) is 16.7 Å². The third-order valence-electron chi connectivity index (χ3n) is 4.29. The van der Waals surface area contributed by atoms with Gasteiger partial charge in [0, 0.05) is 5.56 Å². The van der Waals surface area contributed by atoms with Crippen molar-refractivity contribution in [2.45, 2.75) is 18.4 Å². The molecule has 1 unspecified atom stereocenters. The van der Waals surface area contributed by atoms with Crippen LogP contribution in [0, 0.1) is 0 Å². The predicted octanol–water partition coefficient (Wildman–Crippen LogP) is 3.40. The fourth-order valence-electron chi connectivity index (χ4n) is 3.05. The lowest BCUT2D eigenvalue weighted by Gasteiger charge is -2.25. The SMILES string of the molecule is NC(=O)c1ccc2nc(C(N)=O)n(C(c3cccc(C(F)(F)F)c3)C(F)(F)F)c2c1. The first-order chi connectivity index (χ1) is 13.8. The molecular formula is C18H12F6N4O2. The molecule has 0 fully saturated rings. The van der Waals surface area contributed by atoms with Gasteiger partial charge in [-0.15, -0.1) is 0 Å². The summed E-state index contributed by atoms with van der Waals surface area (Å²) in [5.74, 6) is -3.15. The zero-order valence-electron chi connectivity index (χ0n) is 14.8. The Bertz CT molecular complexity index is 1150. The van der Waals surface area contributed by atoms with Gasteiger partial charge in [-0.25, -0.2) is 4.98 Å². The minimum atomic E-state index is -5.15. The lowest BCUT2D eigenvalue weighted by Crippen LogP contribution is -2.31. The van der Waals surface area contributed by atoms with Crippen molar-refractivity contribution in [2.75, 3.05) is 0 Å². The topological polar surface area (TPSA) is 104 Å². The van der Waals surface area contributed by atoms with E-state index < -0.39 is 47.2 Å². The monoisotopic (exact) mass is 430 g/mol. The summed E-state index contributed by atoms with van der Waals surface area (Å²) in [6, 6.07) is 3.14. The Morgan fingerprint density at radius 3 is 2.13 bits per heavy atom. The van der Waals surface area contributed by atoms with Gasteiger partial charge in [0.05, 0.1) is 16.6 Å². The fraction of sp³-hybridized carbons (Fsp3) is 0.167. The number of carbonyl (C=O) groups is 2. The van der Waals surface area contributed by atoms with Gasteiger partial charge in [0.1, 0.15) is 0 Å². The second kappa shape index (κ2) is 7.04. The predicted molar refractivity (Wildman–Crippen MR) is 92.4 cm³/mol. The van der Waals surface area contributed by atoms with Crippen LogP contribution in [0.2, 0.25) is 0 Å². The Hall–Kier alpha value is -3.57. The summed E-state index contributed by atoms with van der Waals surface area (Å²) in [4.78, 5) is 27.0. The molecule has 0 saturated heterocycles. The van der Waals surface area contributed by atoms with Crippen molar-refractivity contribution in [1.82, 2.24) is 9.55 Å². The molecule has 12 heteroatoms. The number of benzene rings is 2. The number of hydrogen-bond donors (Lipinski definition) is 2. The summed E-state index contributed by atoms with van der Waals surface area (Å²) < 4.78 is 81.7. The van der Waals surface area contributed by atoms with Crippen molar-refractivity contribution in [3.63, 3.8) is 0 Å². The summed E-state index contributed by atoms with van der Waals surface area (Å²) >= 11 is 0. The van der Waals surface area contributed by atoms with E-state index in [1.54, 1.807) is 0 Å². The first-order valence-electron chi connectivity index (χ1n) is 8.16. The third-order valence-corrected chi connectivity index (χ3v) is 4.29. The molecule has 3 aromatic rings. The zero-order valence-corrected chi connectivity index (χ0v) is 14.8. The molecule has 158 valence electrons. The van der Waals surface area contributed by atoms with Gasteiger partial charge in [-0.3, -0.25) is 9.59 Å². The number of aromatic nitrogens is 2. The van der Waals surface area contributed by atoms with Gasteiger partial charge in [-0.1, -0.05) is 12.1 Å². The number of primary amides is 2. The minimum absolute atomic E-state index is 0.130. The highest BCUT2D eigenvalue weighted by molar-refractivity contribution is 5.98. The number of halogens is 6. The van der Waals surface area contributed by atoms with Crippen molar-refractivity contribution in [3.8, 4) is 0 Å². The highest BCUT2D eigenvalue weighted by Crippen LogP contribution is 2.41. The maximum atomic E-state index is 14.1. The first-order valence-corrected chi connectivity index (χ1v) is 8.16. The molecule has 0 aliphatic carbocycles. The molecule has 0 aliphatic rings. The Morgan fingerprint density at radius 2 is 1.60 bits per heavy atom. The van der Waals surface area contributed by atoms with Crippen molar-refractivity contribution in [1.29, 1.82) is 0 Å². The van der Waals surface area contributed by atoms with Crippen molar-refractivity contribution >= 4 is 22.8 Å². The number of fused-ring (bicyclic) bond motifs is 1. The molecule has 0 radical (unpaired) electrons. The number of alkyl halides is 6. The number of nitrogens with two attached hydrogens (primary N) is 2. The van der Waals surface area contributed by atoms with Gasteiger partial charge >= 0.3 is 12.4 Å². The average Bonchev–Trinajstić information content (AvgIpc) is 2.99. The summed E-state index contributed by atoms with van der Waals surface area (Å²) in [6.07, 6.45) is -10.0. The van der Waals surface area contributed by atoms with E-state index in [1.807, 2.05) is 0 Å². The van der Waals surface area contributed by atoms with Crippen LogP contribution in [0.15, 0.2) is 42.5 Å². The molecule has 1 atom stereocenters. The summed E-state index contributed by atoms with van der Waals surface area (Å²) in [5.41, 5.74) is 7.55. The molecule has 6 nitrogen and oxygen atoms in total. The largest absolute Gasteiger partial charge is 0.416 e. The summed E-state index contributed by atoms with van der Waals surface area (Å²) in [6.45, 7) is 0. The van der Waals surface area contributed by atoms with Crippen molar-refractivity contribution in [3.05, 3.63) is 65.0 Å². The first kappa shape index (κ1) is 21.1. The van der Waals surface area contributed by atoms with E-state index in [0.717, 1.165) is 24.3 Å². The van der Waals surface area contributed by atoms with E-state index >= 15 is 0 Å². The van der Waals surface area contributed by atoms with Crippen LogP contribution in [0.4, 0.5) is 26.3 Å². The lowest BCUT2D eigenvalue weighted by molar-refractivity contribution is -0.157. The van der Waals surface area contributed by atoms with E-state index in [2.05, 4.69) is 4.98 Å². The molecule has 30 heavy (non-hydrogen) atoms. The van der Waals surface area contributed by atoms with Gasteiger partial charge in [0.25, 0.3) is 5.91 Å². The van der Waals surface area contributed by atoms with E-state index in [1.165, 1.54) is 6.07 Å². The maximum Gasteiger partial charge on any atom is 0.416 e. The van der Waals surface area contributed by atoms with Gasteiger partial charge in [0.15, 0.2) is 6.04 Å². The number of hydrogen-bond acceptors (Lipinski definition) is 3. The number of carbonyl (C=O) groups excluding carboxylic acids is 2. The minimum Gasteiger partial charge on any atom is -0.366 e. The molecule has 1 heterocycles. The molecule has 1 aromatic heterocycles. The lowest BCUT2D eigenvalue weighted by atomic mass is 10.0. The maximum absolute atomic E-state index is 14.1. The molecule has 2 aromatic carbocycles. The number of nitrogens with zero attached hydrogens (tertiary/aromatic N) is 2. The third kappa shape index (κ3) is 3.80. The van der Waals surface area contributed by atoms with Gasteiger partial charge < -0.3 is 16.0 Å². The highest BCUT2D eigenvalue weighted by atomic mass is 19.4. The summed E-state index contributed by atoms with van der Waals surface area (Å²) in [5, 5.41) is 0. The van der Waals surface area contributed by atoms with Crippen LogP contribution < -0.4 is 11.5 Å². The Morgan fingerprint density at radius 1 is 0.933 bits per heavy atom. The molecule has 0 saturated carbocycles. The normalized spacial score (nSPS) is 13.4. The van der Waals surface area contributed by atoms with Crippen LogP contribution in [0.1, 0.15) is 38.1 Å². The number of rotatable bonds is 4. The fourth-order valence-corrected chi connectivity index (χ4v) is 3.05. The average molecular weight is 430 g/mol. The Kier molecular flexibility index (Phi) is 4.96. The highest BCUT2D eigenvalue weighted by Gasteiger charge is 2.45. The molecule has 0 spiro atoms. The second-order valence-corrected chi connectivity index (χ2v) is 6.30. The molecule has 0 bridgehead atoms. The Balaban J connectivity index is 2.37. The molecule has 4 N–H and O–H groups in total. The van der Waals surface area contributed by atoms with E-state index in [9.17, 15) is 35.9 Å². The van der Waals surface area contributed by atoms with Crippen molar-refractivity contribution in [2.24, 2.45) is 11.5 Å². The molecule has 2 amide bonds. The molecule has 3 rings (SSSR count). The number of imidazole rings is 1. The Labute approximate surface area is 164 Å². The van der Waals surface area contributed by atoms with Crippen molar-refractivity contribution < 1.29 is 35.9 Å².